The summed E-state index contributed by atoms with van der Waals surface area (Å²) < 4.78 is 10.3. The average Bonchev–Trinajstić information content (AvgIpc) is 2.84. The van der Waals surface area contributed by atoms with Crippen molar-refractivity contribution < 1.29 is 19.1 Å². The molecule has 0 aliphatic rings. The van der Waals surface area contributed by atoms with Crippen LogP contribution in [-0.2, 0) is 24.5 Å². The zero-order valence-electron chi connectivity index (χ0n) is 11.1. The maximum Gasteiger partial charge on any atom is 0.407 e. The van der Waals surface area contributed by atoms with Gasteiger partial charge in [-0.3, -0.25) is 0 Å². The first-order valence-electron chi connectivity index (χ1n) is 6.19. The van der Waals surface area contributed by atoms with Gasteiger partial charge in [0.15, 0.2) is 5.89 Å². The molecule has 6 nitrogen and oxygen atoms in total. The van der Waals surface area contributed by atoms with E-state index in [9.17, 15) is 4.79 Å². The fourth-order valence-corrected chi connectivity index (χ4v) is 1.70. The number of aromatic nitrogens is 1. The molecule has 0 saturated carbocycles. The molecule has 0 fully saturated rings. The lowest BCUT2D eigenvalue weighted by Crippen LogP contribution is -2.23. The van der Waals surface area contributed by atoms with Crippen LogP contribution in [0.3, 0.4) is 0 Å². The Labute approximate surface area is 116 Å². The molecule has 2 N–H and O–H groups in total. The highest BCUT2D eigenvalue weighted by molar-refractivity contribution is 5.67. The fourth-order valence-electron chi connectivity index (χ4n) is 1.70. The molecule has 0 aliphatic carbocycles. The lowest BCUT2D eigenvalue weighted by Gasteiger charge is -2.06. The first kappa shape index (κ1) is 14.1. The number of alkyl carbamates (subject to hydrolysis) is 1. The van der Waals surface area contributed by atoms with Crippen LogP contribution in [0.5, 0.6) is 0 Å². The molecular formula is C14H16N2O4. The second kappa shape index (κ2) is 6.72. The predicted molar refractivity (Wildman–Crippen MR) is 70.6 cm³/mol. The van der Waals surface area contributed by atoms with E-state index in [1.165, 1.54) is 0 Å². The Morgan fingerprint density at radius 2 is 2.15 bits per heavy atom. The second-order valence-corrected chi connectivity index (χ2v) is 4.18. The molecule has 2 rings (SSSR count). The molecular weight excluding hydrogens is 260 g/mol. The van der Waals surface area contributed by atoms with Crippen molar-refractivity contribution in [3.8, 4) is 0 Å². The van der Waals surface area contributed by atoms with Gasteiger partial charge in [0.1, 0.15) is 18.1 Å². The number of amides is 1. The molecule has 1 heterocycles. The van der Waals surface area contributed by atoms with E-state index >= 15 is 0 Å². The van der Waals surface area contributed by atoms with Crippen molar-refractivity contribution in [3.63, 3.8) is 0 Å². The zero-order chi connectivity index (χ0) is 14.4. The molecule has 0 atom stereocenters. The van der Waals surface area contributed by atoms with Crippen molar-refractivity contribution in [2.75, 3.05) is 0 Å². The molecule has 0 unspecified atom stereocenters. The van der Waals surface area contributed by atoms with E-state index in [-0.39, 0.29) is 19.8 Å². The third kappa shape index (κ3) is 3.83. The summed E-state index contributed by atoms with van der Waals surface area (Å²) in [6.45, 7) is 1.78. The number of benzene rings is 1. The number of aliphatic hydroxyl groups excluding tert-OH is 1. The van der Waals surface area contributed by atoms with Gasteiger partial charge < -0.3 is 19.6 Å². The highest BCUT2D eigenvalue weighted by atomic mass is 16.5. The van der Waals surface area contributed by atoms with Gasteiger partial charge >= 0.3 is 6.09 Å². The molecule has 0 saturated heterocycles. The summed E-state index contributed by atoms with van der Waals surface area (Å²) in [4.78, 5) is 15.5. The number of rotatable bonds is 5. The highest BCUT2D eigenvalue weighted by Gasteiger charge is 2.11. The van der Waals surface area contributed by atoms with E-state index < -0.39 is 6.09 Å². The van der Waals surface area contributed by atoms with Crippen LogP contribution in [0.2, 0.25) is 0 Å². The minimum absolute atomic E-state index is 0.129. The lowest BCUT2D eigenvalue weighted by atomic mass is 10.2. The molecule has 0 bridgehead atoms. The summed E-state index contributed by atoms with van der Waals surface area (Å²) >= 11 is 0. The third-order valence-corrected chi connectivity index (χ3v) is 2.64. The van der Waals surface area contributed by atoms with Gasteiger partial charge in [0.2, 0.25) is 0 Å². The Morgan fingerprint density at radius 1 is 1.40 bits per heavy atom. The Kier molecular flexibility index (Phi) is 4.73. The van der Waals surface area contributed by atoms with E-state index in [0.717, 1.165) is 5.56 Å². The van der Waals surface area contributed by atoms with E-state index in [4.69, 9.17) is 14.3 Å². The van der Waals surface area contributed by atoms with Gasteiger partial charge in [0.25, 0.3) is 0 Å². The van der Waals surface area contributed by atoms with Crippen molar-refractivity contribution in [1.82, 2.24) is 10.3 Å². The van der Waals surface area contributed by atoms with Crippen molar-refractivity contribution in [2.24, 2.45) is 0 Å². The van der Waals surface area contributed by atoms with Crippen molar-refractivity contribution in [1.29, 1.82) is 0 Å². The van der Waals surface area contributed by atoms with Crippen LogP contribution in [0.15, 0.2) is 34.7 Å². The maximum atomic E-state index is 11.5. The summed E-state index contributed by atoms with van der Waals surface area (Å²) in [6, 6.07) is 9.39. The van der Waals surface area contributed by atoms with Gasteiger partial charge in [-0.2, -0.15) is 0 Å². The minimum atomic E-state index is -0.549. The van der Waals surface area contributed by atoms with Crippen molar-refractivity contribution in [3.05, 3.63) is 53.2 Å². The molecule has 0 aliphatic heterocycles. The number of nitrogens with one attached hydrogen (secondary N) is 1. The quantitative estimate of drug-likeness (QED) is 0.871. The molecule has 20 heavy (non-hydrogen) atoms. The van der Waals surface area contributed by atoms with Crippen molar-refractivity contribution >= 4 is 6.09 Å². The number of carbonyl (C=O) groups is 1. The van der Waals surface area contributed by atoms with Crippen LogP contribution < -0.4 is 5.32 Å². The average molecular weight is 276 g/mol. The molecule has 106 valence electrons. The van der Waals surface area contributed by atoms with Gasteiger partial charge in [-0.15, -0.1) is 0 Å². The van der Waals surface area contributed by atoms with Crippen LogP contribution in [0.25, 0.3) is 0 Å². The van der Waals surface area contributed by atoms with Crippen LogP contribution >= 0.6 is 0 Å². The summed E-state index contributed by atoms with van der Waals surface area (Å²) in [5, 5.41) is 11.6. The first-order chi connectivity index (χ1) is 9.69. The second-order valence-electron chi connectivity index (χ2n) is 4.18. The number of hydrogen-bond donors (Lipinski definition) is 2. The van der Waals surface area contributed by atoms with Gasteiger partial charge in [-0.1, -0.05) is 30.3 Å². The number of aryl methyl sites for hydroxylation is 1. The van der Waals surface area contributed by atoms with Crippen LogP contribution in [0.1, 0.15) is 22.9 Å². The van der Waals surface area contributed by atoms with E-state index in [0.29, 0.717) is 17.3 Å². The lowest BCUT2D eigenvalue weighted by molar-refractivity contribution is 0.138. The number of carbonyl (C=O) groups excluding carboxylic acids is 1. The van der Waals surface area contributed by atoms with E-state index in [2.05, 4.69) is 10.3 Å². The number of nitrogens with zero attached hydrogens (tertiary/aromatic N) is 1. The van der Waals surface area contributed by atoms with E-state index in [1.807, 2.05) is 30.3 Å². The van der Waals surface area contributed by atoms with Gasteiger partial charge in [0, 0.05) is 6.92 Å². The maximum absolute atomic E-state index is 11.5. The zero-order valence-corrected chi connectivity index (χ0v) is 11.1. The first-order valence-corrected chi connectivity index (χ1v) is 6.19. The number of hydrogen-bond acceptors (Lipinski definition) is 5. The van der Waals surface area contributed by atoms with Crippen LogP contribution in [-0.4, -0.2) is 16.2 Å². The van der Waals surface area contributed by atoms with Gasteiger partial charge in [0.05, 0.1) is 13.2 Å². The molecule has 2 aromatic rings. The van der Waals surface area contributed by atoms with E-state index in [1.54, 1.807) is 6.92 Å². The largest absolute Gasteiger partial charge is 0.445 e. The van der Waals surface area contributed by atoms with Gasteiger partial charge in [-0.05, 0) is 5.56 Å². The predicted octanol–water partition coefficient (Wildman–Crippen LogP) is 1.90. The molecule has 6 heteroatoms. The summed E-state index contributed by atoms with van der Waals surface area (Å²) in [6.07, 6.45) is -0.549. The van der Waals surface area contributed by atoms with Crippen molar-refractivity contribution in [2.45, 2.75) is 26.7 Å². The molecule has 1 aromatic carbocycles. The number of aliphatic hydroxyl groups is 1. The Hall–Kier alpha value is -2.34. The van der Waals surface area contributed by atoms with Crippen LogP contribution in [0, 0.1) is 6.92 Å². The molecule has 1 aromatic heterocycles. The monoisotopic (exact) mass is 276 g/mol. The summed E-state index contributed by atoms with van der Waals surface area (Å²) in [7, 11) is 0. The smallest absolute Gasteiger partial charge is 0.407 e. The third-order valence-electron chi connectivity index (χ3n) is 2.64. The minimum Gasteiger partial charge on any atom is -0.445 e. The highest BCUT2D eigenvalue weighted by Crippen LogP contribution is 2.10. The molecule has 0 spiro atoms. The SMILES string of the molecule is Cc1nc(CO)c(CNC(=O)OCc2ccccc2)o1. The summed E-state index contributed by atoms with van der Waals surface area (Å²) in [5.74, 6) is 0.880. The molecule has 0 radical (unpaired) electrons. The number of ether oxygens (including phenoxy) is 1. The topological polar surface area (TPSA) is 84.6 Å². The standard InChI is InChI=1S/C14H16N2O4/c1-10-16-12(8-17)13(20-10)7-15-14(18)19-9-11-5-3-2-4-6-11/h2-6,17H,7-9H2,1H3,(H,15,18). The molecule has 1 amide bonds. The Bertz CT molecular complexity index is 566. The number of oxazole rings is 1. The Balaban J connectivity index is 1.80. The fraction of sp³-hybridized carbons (Fsp3) is 0.286. The summed E-state index contributed by atoms with van der Waals surface area (Å²) in [5.41, 5.74) is 1.33. The Morgan fingerprint density at radius 3 is 2.85 bits per heavy atom. The van der Waals surface area contributed by atoms with Crippen LogP contribution in [0.4, 0.5) is 4.79 Å². The normalized spacial score (nSPS) is 10.3. The van der Waals surface area contributed by atoms with Gasteiger partial charge in [-0.25, -0.2) is 9.78 Å².